The second-order valence-corrected chi connectivity index (χ2v) is 7.97. The van der Waals surface area contributed by atoms with E-state index in [2.05, 4.69) is 0 Å². The van der Waals surface area contributed by atoms with E-state index in [1.165, 1.54) is 4.31 Å². The van der Waals surface area contributed by atoms with Crippen molar-refractivity contribution in [3.05, 3.63) is 47.5 Å². The summed E-state index contributed by atoms with van der Waals surface area (Å²) in [6, 6.07) is 11.4. The van der Waals surface area contributed by atoms with Crippen molar-refractivity contribution < 1.29 is 17.9 Å². The smallest absolute Gasteiger partial charge is 0.264 e. The van der Waals surface area contributed by atoms with Crippen LogP contribution in [0.25, 0.3) is 0 Å². The number of fused-ring (bicyclic) bond motifs is 1. The zero-order valence-corrected chi connectivity index (χ0v) is 15.0. The molecule has 24 heavy (non-hydrogen) atoms. The van der Waals surface area contributed by atoms with Gasteiger partial charge in [-0.05, 0) is 56.3 Å². The summed E-state index contributed by atoms with van der Waals surface area (Å²) in [5.74, 6) is 1.14. The minimum atomic E-state index is -3.70. The first-order valence-electron chi connectivity index (χ1n) is 7.60. The average Bonchev–Trinajstić information content (AvgIpc) is 2.54. The second-order valence-electron chi connectivity index (χ2n) is 5.68. The van der Waals surface area contributed by atoms with Gasteiger partial charge in [0.1, 0.15) is 18.1 Å². The third-order valence-corrected chi connectivity index (χ3v) is 5.59. The molecule has 0 bridgehead atoms. The molecule has 3 rings (SSSR count). The fourth-order valence-corrected chi connectivity index (χ4v) is 4.12. The standard InChI is InChI=1S/C17H18ClNO4S/c1-12(2)23-14-4-6-15(7-5-14)24(20,21)19-9-10-22-17-8-3-13(18)11-16(17)19/h3-8,11-12H,9-10H2,1-2H3. The molecule has 1 aliphatic heterocycles. The highest BCUT2D eigenvalue weighted by atomic mass is 35.5. The Labute approximate surface area is 146 Å². The van der Waals surface area contributed by atoms with E-state index in [1.807, 2.05) is 13.8 Å². The maximum Gasteiger partial charge on any atom is 0.264 e. The summed E-state index contributed by atoms with van der Waals surface area (Å²) in [5.41, 5.74) is 0.455. The first-order chi connectivity index (χ1) is 11.4. The Bertz CT molecular complexity index is 834. The van der Waals surface area contributed by atoms with Crippen LogP contribution < -0.4 is 13.8 Å². The first kappa shape index (κ1) is 16.9. The highest BCUT2D eigenvalue weighted by Gasteiger charge is 2.30. The van der Waals surface area contributed by atoms with Crippen molar-refractivity contribution in [2.45, 2.75) is 24.8 Å². The van der Waals surface area contributed by atoms with Crippen LogP contribution in [0.2, 0.25) is 5.02 Å². The van der Waals surface area contributed by atoms with E-state index in [-0.39, 0.29) is 17.5 Å². The Hall–Kier alpha value is -1.92. The summed E-state index contributed by atoms with van der Waals surface area (Å²) >= 11 is 6.01. The zero-order valence-electron chi connectivity index (χ0n) is 13.4. The Morgan fingerprint density at radius 2 is 1.88 bits per heavy atom. The summed E-state index contributed by atoms with van der Waals surface area (Å²) in [7, 11) is -3.70. The lowest BCUT2D eigenvalue weighted by Gasteiger charge is -2.30. The van der Waals surface area contributed by atoms with Crippen LogP contribution in [-0.2, 0) is 10.0 Å². The number of halogens is 1. The predicted octanol–water partition coefficient (Wildman–Crippen LogP) is 3.71. The second kappa shape index (κ2) is 6.53. The van der Waals surface area contributed by atoms with Gasteiger partial charge in [-0.2, -0.15) is 0 Å². The van der Waals surface area contributed by atoms with Gasteiger partial charge in [0.2, 0.25) is 0 Å². The van der Waals surface area contributed by atoms with Crippen molar-refractivity contribution in [2.24, 2.45) is 0 Å². The van der Waals surface area contributed by atoms with Crippen LogP contribution in [0, 0.1) is 0 Å². The van der Waals surface area contributed by atoms with Crippen LogP contribution in [0.5, 0.6) is 11.5 Å². The number of sulfonamides is 1. The van der Waals surface area contributed by atoms with Gasteiger partial charge in [0.25, 0.3) is 10.0 Å². The van der Waals surface area contributed by atoms with Gasteiger partial charge < -0.3 is 9.47 Å². The lowest BCUT2D eigenvalue weighted by Crippen LogP contribution is -2.37. The third-order valence-electron chi connectivity index (χ3n) is 3.53. The Morgan fingerprint density at radius 3 is 2.54 bits per heavy atom. The van der Waals surface area contributed by atoms with Crippen LogP contribution in [0.3, 0.4) is 0 Å². The summed E-state index contributed by atoms with van der Waals surface area (Å²) in [4.78, 5) is 0.200. The molecule has 7 heteroatoms. The molecule has 0 fully saturated rings. The van der Waals surface area contributed by atoms with Crippen LogP contribution in [0.15, 0.2) is 47.4 Å². The van der Waals surface area contributed by atoms with E-state index in [9.17, 15) is 8.42 Å². The van der Waals surface area contributed by atoms with E-state index in [4.69, 9.17) is 21.1 Å². The molecule has 2 aromatic carbocycles. The monoisotopic (exact) mass is 367 g/mol. The van der Waals surface area contributed by atoms with Gasteiger partial charge in [0.15, 0.2) is 0 Å². The lowest BCUT2D eigenvalue weighted by atomic mass is 10.2. The molecule has 0 saturated heterocycles. The van der Waals surface area contributed by atoms with E-state index in [1.54, 1.807) is 42.5 Å². The largest absolute Gasteiger partial charge is 0.491 e. The Kier molecular flexibility index (Phi) is 4.60. The van der Waals surface area contributed by atoms with Crippen molar-refractivity contribution in [2.75, 3.05) is 17.5 Å². The van der Waals surface area contributed by atoms with E-state index < -0.39 is 10.0 Å². The summed E-state index contributed by atoms with van der Waals surface area (Å²) in [6.45, 7) is 4.36. The number of nitrogens with zero attached hydrogens (tertiary/aromatic N) is 1. The number of anilines is 1. The van der Waals surface area contributed by atoms with Crippen LogP contribution in [0.1, 0.15) is 13.8 Å². The number of ether oxygens (including phenoxy) is 2. The number of hydrogen-bond acceptors (Lipinski definition) is 4. The Balaban J connectivity index is 1.96. The molecule has 2 aromatic rings. The fourth-order valence-electron chi connectivity index (χ4n) is 2.51. The molecule has 1 aliphatic rings. The van der Waals surface area contributed by atoms with Gasteiger partial charge in [-0.3, -0.25) is 4.31 Å². The van der Waals surface area contributed by atoms with Crippen LogP contribution >= 0.6 is 11.6 Å². The molecule has 0 aliphatic carbocycles. The van der Waals surface area contributed by atoms with E-state index in [0.29, 0.717) is 28.8 Å². The molecule has 128 valence electrons. The zero-order chi connectivity index (χ0) is 17.3. The molecule has 0 amide bonds. The molecule has 1 heterocycles. The summed E-state index contributed by atoms with van der Waals surface area (Å²) in [6.07, 6.45) is 0.0284. The molecule has 0 saturated carbocycles. The maximum absolute atomic E-state index is 13.0. The first-order valence-corrected chi connectivity index (χ1v) is 9.41. The number of rotatable bonds is 4. The molecule has 5 nitrogen and oxygen atoms in total. The van der Waals surface area contributed by atoms with Crippen molar-refractivity contribution in [3.63, 3.8) is 0 Å². The quantitative estimate of drug-likeness (QED) is 0.826. The fraction of sp³-hybridized carbons (Fsp3) is 0.294. The minimum Gasteiger partial charge on any atom is -0.491 e. The molecule has 0 radical (unpaired) electrons. The van der Waals surface area contributed by atoms with Gasteiger partial charge >= 0.3 is 0 Å². The molecule has 0 spiro atoms. The third kappa shape index (κ3) is 3.30. The topological polar surface area (TPSA) is 55.8 Å². The Morgan fingerprint density at radius 1 is 1.17 bits per heavy atom. The highest BCUT2D eigenvalue weighted by Crippen LogP contribution is 2.37. The molecule has 0 atom stereocenters. The average molecular weight is 368 g/mol. The van der Waals surface area contributed by atoms with Gasteiger partial charge in [-0.15, -0.1) is 0 Å². The van der Waals surface area contributed by atoms with Crippen molar-refractivity contribution in [3.8, 4) is 11.5 Å². The SMILES string of the molecule is CC(C)Oc1ccc(S(=O)(=O)N2CCOc3ccc(Cl)cc32)cc1. The van der Waals surface area contributed by atoms with Crippen LogP contribution in [-0.4, -0.2) is 27.7 Å². The van der Waals surface area contributed by atoms with Crippen LogP contribution in [0.4, 0.5) is 5.69 Å². The summed E-state index contributed by atoms with van der Waals surface area (Å²) < 4.78 is 38.4. The van der Waals surface area contributed by atoms with Gasteiger partial charge in [0.05, 0.1) is 23.2 Å². The number of hydrogen-bond donors (Lipinski definition) is 0. The lowest BCUT2D eigenvalue weighted by molar-refractivity contribution is 0.242. The molecule has 0 N–H and O–H groups in total. The molecule has 0 unspecified atom stereocenters. The maximum atomic E-state index is 13.0. The van der Waals surface area contributed by atoms with E-state index in [0.717, 1.165) is 0 Å². The highest BCUT2D eigenvalue weighted by molar-refractivity contribution is 7.92. The minimum absolute atomic E-state index is 0.0284. The van der Waals surface area contributed by atoms with Crippen molar-refractivity contribution >= 4 is 27.3 Å². The summed E-state index contributed by atoms with van der Waals surface area (Å²) in [5, 5.41) is 0.458. The molecule has 0 aromatic heterocycles. The predicted molar refractivity (Wildman–Crippen MR) is 93.7 cm³/mol. The van der Waals surface area contributed by atoms with E-state index >= 15 is 0 Å². The molecular weight excluding hydrogens is 350 g/mol. The van der Waals surface area contributed by atoms with Gasteiger partial charge in [-0.1, -0.05) is 11.6 Å². The van der Waals surface area contributed by atoms with Crippen molar-refractivity contribution in [1.29, 1.82) is 0 Å². The van der Waals surface area contributed by atoms with Crippen molar-refractivity contribution in [1.82, 2.24) is 0 Å². The normalized spacial score (nSPS) is 14.2. The molecular formula is C17H18ClNO4S. The van der Waals surface area contributed by atoms with Gasteiger partial charge in [-0.25, -0.2) is 8.42 Å². The number of benzene rings is 2. The van der Waals surface area contributed by atoms with Gasteiger partial charge in [0, 0.05) is 5.02 Å².